The number of methoxy groups -OCH3 is 1. The van der Waals surface area contributed by atoms with Crippen molar-refractivity contribution in [2.45, 2.75) is 45.6 Å². The summed E-state index contributed by atoms with van der Waals surface area (Å²) in [6, 6.07) is 17.1. The first kappa shape index (κ1) is 26.1. The molecule has 0 aromatic heterocycles. The Morgan fingerprint density at radius 1 is 1.20 bits per heavy atom. The molecule has 6 nitrogen and oxygen atoms in total. The molecule has 0 radical (unpaired) electrons. The van der Waals surface area contributed by atoms with E-state index in [0.717, 1.165) is 5.56 Å². The van der Waals surface area contributed by atoms with E-state index in [0.29, 0.717) is 24.5 Å². The van der Waals surface area contributed by atoms with Gasteiger partial charge in [0.15, 0.2) is 0 Å². The minimum absolute atomic E-state index is 0.136. The van der Waals surface area contributed by atoms with Gasteiger partial charge in [0.1, 0.15) is 11.4 Å². The molecule has 186 valence electrons. The Kier molecular flexibility index (Phi) is 8.05. The predicted octanol–water partition coefficient (Wildman–Crippen LogP) is 6.49. The number of benzene rings is 2. The zero-order valence-corrected chi connectivity index (χ0v) is 21.2. The Bertz CT molecular complexity index is 1050. The molecule has 2 aromatic carbocycles. The molecule has 1 fully saturated rings. The van der Waals surface area contributed by atoms with Gasteiger partial charge < -0.3 is 14.2 Å². The number of nitrogens with zero attached hydrogens (tertiary/aromatic N) is 1. The van der Waals surface area contributed by atoms with Gasteiger partial charge in [0.25, 0.3) is 0 Å². The Morgan fingerprint density at radius 2 is 1.86 bits per heavy atom. The van der Waals surface area contributed by atoms with E-state index in [-0.39, 0.29) is 17.8 Å². The van der Waals surface area contributed by atoms with E-state index in [1.54, 1.807) is 43.7 Å². The van der Waals surface area contributed by atoms with E-state index in [1.165, 1.54) is 4.90 Å². The summed E-state index contributed by atoms with van der Waals surface area (Å²) < 4.78 is 16.5. The molecule has 2 aromatic rings. The number of hydrogen-bond donors (Lipinski definition) is 0. The van der Waals surface area contributed by atoms with Crippen molar-refractivity contribution in [1.82, 2.24) is 0 Å². The molecule has 0 spiro atoms. The topological polar surface area (TPSA) is 65.1 Å². The number of carbonyl (C=O) groups excluding carboxylic acids is 2. The second-order valence-electron chi connectivity index (χ2n) is 9.94. The van der Waals surface area contributed by atoms with Crippen molar-refractivity contribution in [2.24, 2.45) is 11.3 Å². The third-order valence-corrected chi connectivity index (χ3v) is 6.25. The van der Waals surface area contributed by atoms with Crippen molar-refractivity contribution in [2.75, 3.05) is 18.6 Å². The minimum atomic E-state index is -0.719. The molecular weight excluding hydrogens is 442 g/mol. The fourth-order valence-corrected chi connectivity index (χ4v) is 4.34. The fraction of sp³-hybridized carbons (Fsp3) is 0.379. The standard InChI is InChI=1S/C29H35NO5/c1-7-18-29(5)25(20-34-26(29)31)24(21-11-9-8-10-12-21)17-19-30(27(32)35-28(2,3)4)22-13-15-23(33-6)16-14-22/h7-17,19,24-25H,1,18,20H2,2-6H3/b19-17+/t24-,25+,29+/m0/s1. The highest BCUT2D eigenvalue weighted by Crippen LogP contribution is 2.47. The Balaban J connectivity index is 2.04. The zero-order valence-electron chi connectivity index (χ0n) is 21.2. The van der Waals surface area contributed by atoms with Crippen LogP contribution < -0.4 is 9.64 Å². The Labute approximate surface area is 208 Å². The van der Waals surface area contributed by atoms with Gasteiger partial charge >= 0.3 is 12.1 Å². The highest BCUT2D eigenvalue weighted by molar-refractivity contribution is 5.90. The first-order valence-corrected chi connectivity index (χ1v) is 11.8. The quantitative estimate of drug-likeness (QED) is 0.321. The van der Waals surface area contributed by atoms with E-state index >= 15 is 0 Å². The van der Waals surface area contributed by atoms with Gasteiger partial charge in [-0.1, -0.05) is 42.5 Å². The van der Waals surface area contributed by atoms with Gasteiger partial charge in [-0.2, -0.15) is 0 Å². The summed E-state index contributed by atoms with van der Waals surface area (Å²) in [5, 5.41) is 0. The van der Waals surface area contributed by atoms with Crippen molar-refractivity contribution in [3.05, 3.63) is 85.1 Å². The lowest BCUT2D eigenvalue weighted by atomic mass is 9.68. The summed E-state index contributed by atoms with van der Waals surface area (Å²) in [5.41, 5.74) is 0.281. The van der Waals surface area contributed by atoms with Crippen LogP contribution >= 0.6 is 0 Å². The van der Waals surface area contributed by atoms with Crippen molar-refractivity contribution in [3.8, 4) is 5.75 Å². The first-order chi connectivity index (χ1) is 16.6. The maximum absolute atomic E-state index is 13.2. The molecule has 0 aliphatic carbocycles. The summed E-state index contributed by atoms with van der Waals surface area (Å²) in [6.45, 7) is 11.6. The minimum Gasteiger partial charge on any atom is -0.497 e. The van der Waals surface area contributed by atoms with Gasteiger partial charge in [-0.15, -0.1) is 6.58 Å². The van der Waals surface area contributed by atoms with E-state index in [1.807, 2.05) is 64.1 Å². The third-order valence-electron chi connectivity index (χ3n) is 6.25. The maximum atomic E-state index is 13.2. The first-order valence-electron chi connectivity index (χ1n) is 11.8. The molecule has 0 N–H and O–H groups in total. The zero-order chi connectivity index (χ0) is 25.6. The van der Waals surface area contributed by atoms with Gasteiger partial charge in [-0.3, -0.25) is 9.69 Å². The van der Waals surface area contributed by atoms with Crippen LogP contribution in [0.25, 0.3) is 0 Å². The molecule has 1 amide bonds. The highest BCUT2D eigenvalue weighted by atomic mass is 16.6. The molecule has 0 bridgehead atoms. The fourth-order valence-electron chi connectivity index (χ4n) is 4.34. The van der Waals surface area contributed by atoms with Crippen molar-refractivity contribution in [1.29, 1.82) is 0 Å². The SMILES string of the molecule is C=CC[C@@]1(C)C(=O)OC[C@@H]1[C@@H](/C=C/N(C(=O)OC(C)(C)C)c1ccc(OC)cc1)c1ccccc1. The molecular formula is C29H35NO5. The number of cyclic esters (lactones) is 1. The number of rotatable bonds is 8. The van der Waals surface area contributed by atoms with Crippen molar-refractivity contribution in [3.63, 3.8) is 0 Å². The van der Waals surface area contributed by atoms with Crippen LogP contribution in [0.1, 0.15) is 45.6 Å². The second-order valence-corrected chi connectivity index (χ2v) is 9.94. The van der Waals surface area contributed by atoms with Gasteiger partial charge in [-0.05, 0) is 63.9 Å². The lowest BCUT2D eigenvalue weighted by Crippen LogP contribution is -2.35. The van der Waals surface area contributed by atoms with Gasteiger partial charge in [-0.25, -0.2) is 4.79 Å². The van der Waals surface area contributed by atoms with E-state index in [2.05, 4.69) is 6.58 Å². The monoisotopic (exact) mass is 477 g/mol. The Morgan fingerprint density at radius 3 is 2.43 bits per heavy atom. The molecule has 1 saturated heterocycles. The Hall–Kier alpha value is -3.54. The van der Waals surface area contributed by atoms with Crippen molar-refractivity contribution < 1.29 is 23.8 Å². The third kappa shape index (κ3) is 6.13. The van der Waals surface area contributed by atoms with Crippen LogP contribution in [0, 0.1) is 11.3 Å². The number of esters is 1. The summed E-state index contributed by atoms with van der Waals surface area (Å²) in [7, 11) is 1.59. The van der Waals surface area contributed by atoms with Crippen LogP contribution in [-0.2, 0) is 14.3 Å². The van der Waals surface area contributed by atoms with E-state index < -0.39 is 17.1 Å². The second kappa shape index (κ2) is 10.8. The lowest BCUT2D eigenvalue weighted by Gasteiger charge is -2.31. The molecule has 1 aliphatic rings. The molecule has 3 rings (SSSR count). The normalized spacial score (nSPS) is 20.8. The van der Waals surface area contributed by atoms with Gasteiger partial charge in [0, 0.05) is 18.0 Å². The number of amides is 1. The van der Waals surface area contributed by atoms with Crippen molar-refractivity contribution >= 4 is 17.7 Å². The van der Waals surface area contributed by atoms with Crippen LogP contribution in [0.4, 0.5) is 10.5 Å². The number of ether oxygens (including phenoxy) is 3. The number of anilines is 1. The molecule has 1 heterocycles. The largest absolute Gasteiger partial charge is 0.497 e. The average molecular weight is 478 g/mol. The maximum Gasteiger partial charge on any atom is 0.418 e. The van der Waals surface area contributed by atoms with Crippen LogP contribution in [0.3, 0.4) is 0 Å². The summed E-state index contributed by atoms with van der Waals surface area (Å²) in [4.78, 5) is 27.4. The summed E-state index contributed by atoms with van der Waals surface area (Å²) in [5.74, 6) is 0.139. The van der Waals surface area contributed by atoms with Crippen LogP contribution in [0.2, 0.25) is 0 Å². The smallest absolute Gasteiger partial charge is 0.418 e. The molecule has 35 heavy (non-hydrogen) atoms. The predicted molar refractivity (Wildman–Crippen MR) is 137 cm³/mol. The highest BCUT2D eigenvalue weighted by Gasteiger charge is 2.50. The number of carbonyl (C=O) groups is 2. The summed E-state index contributed by atoms with van der Waals surface area (Å²) in [6.07, 6.45) is 5.44. The molecule has 6 heteroatoms. The number of hydrogen-bond acceptors (Lipinski definition) is 5. The van der Waals surface area contributed by atoms with Crippen LogP contribution in [-0.4, -0.2) is 31.4 Å². The van der Waals surface area contributed by atoms with Crippen LogP contribution in [0.15, 0.2) is 79.5 Å². The van der Waals surface area contributed by atoms with Gasteiger partial charge in [0.05, 0.1) is 24.8 Å². The summed E-state index contributed by atoms with van der Waals surface area (Å²) >= 11 is 0. The molecule has 0 unspecified atom stereocenters. The molecule has 3 atom stereocenters. The van der Waals surface area contributed by atoms with E-state index in [4.69, 9.17) is 14.2 Å². The van der Waals surface area contributed by atoms with Crippen LogP contribution in [0.5, 0.6) is 5.75 Å². The number of allylic oxidation sites excluding steroid dienone is 2. The van der Waals surface area contributed by atoms with E-state index in [9.17, 15) is 9.59 Å². The molecule has 1 aliphatic heterocycles. The lowest BCUT2D eigenvalue weighted by molar-refractivity contribution is -0.145. The average Bonchev–Trinajstić information content (AvgIpc) is 3.10. The molecule has 0 saturated carbocycles. The van der Waals surface area contributed by atoms with Gasteiger partial charge in [0.2, 0.25) is 0 Å².